The van der Waals surface area contributed by atoms with E-state index in [0.29, 0.717) is 5.88 Å². The number of hydrogen-bond acceptors (Lipinski definition) is 4. The quantitative estimate of drug-likeness (QED) is 0.824. The first-order valence-corrected chi connectivity index (χ1v) is 5.11. The molecule has 0 aliphatic heterocycles. The first kappa shape index (κ1) is 10.5. The number of rotatable bonds is 5. The molecule has 16 heavy (non-hydrogen) atoms. The zero-order valence-electron chi connectivity index (χ0n) is 9.13. The second kappa shape index (κ2) is 5.16. The van der Waals surface area contributed by atoms with Gasteiger partial charge in [0.05, 0.1) is 13.7 Å². The molecule has 0 spiro atoms. The highest BCUT2D eigenvalue weighted by Gasteiger charge is 1.96. The van der Waals surface area contributed by atoms with E-state index in [2.05, 4.69) is 15.4 Å². The van der Waals surface area contributed by atoms with Gasteiger partial charge in [-0.3, -0.25) is 4.68 Å². The van der Waals surface area contributed by atoms with Crippen LogP contribution in [0.2, 0.25) is 0 Å². The van der Waals surface area contributed by atoms with Crippen LogP contribution in [0.4, 0.5) is 5.82 Å². The predicted octanol–water partition coefficient (Wildman–Crippen LogP) is 1.40. The second-order valence-electron chi connectivity index (χ2n) is 3.26. The number of hydrogen-bond donors (Lipinski definition) is 1. The lowest BCUT2D eigenvalue weighted by atomic mass is 10.4. The lowest BCUT2D eigenvalue weighted by Crippen LogP contribution is -2.11. The molecule has 2 rings (SSSR count). The van der Waals surface area contributed by atoms with Crippen LogP contribution < -0.4 is 10.1 Å². The zero-order chi connectivity index (χ0) is 11.2. The number of nitrogens with one attached hydrogen (secondary N) is 1. The van der Waals surface area contributed by atoms with Gasteiger partial charge in [0.2, 0.25) is 5.88 Å². The summed E-state index contributed by atoms with van der Waals surface area (Å²) in [5, 5.41) is 7.32. The molecular formula is C11H14N4O. The minimum Gasteiger partial charge on any atom is -0.481 e. The lowest BCUT2D eigenvalue weighted by molar-refractivity contribution is 0.398. The SMILES string of the molecule is COc1cccc(NCCn2cccn2)n1. The van der Waals surface area contributed by atoms with E-state index in [1.165, 1.54) is 0 Å². The predicted molar refractivity (Wildman–Crippen MR) is 61.5 cm³/mol. The largest absolute Gasteiger partial charge is 0.481 e. The minimum atomic E-state index is 0.615. The van der Waals surface area contributed by atoms with E-state index in [4.69, 9.17) is 4.74 Å². The minimum absolute atomic E-state index is 0.615. The van der Waals surface area contributed by atoms with Crippen LogP contribution in [0.1, 0.15) is 0 Å². The maximum absolute atomic E-state index is 5.04. The van der Waals surface area contributed by atoms with Gasteiger partial charge in [-0.1, -0.05) is 6.07 Å². The van der Waals surface area contributed by atoms with E-state index in [1.54, 1.807) is 13.3 Å². The van der Waals surface area contributed by atoms with Gasteiger partial charge in [-0.15, -0.1) is 0 Å². The van der Waals surface area contributed by atoms with E-state index in [9.17, 15) is 0 Å². The average Bonchev–Trinajstić information content (AvgIpc) is 2.82. The molecule has 2 aromatic heterocycles. The maximum Gasteiger partial charge on any atom is 0.214 e. The number of nitrogens with zero attached hydrogens (tertiary/aromatic N) is 3. The molecule has 0 fully saturated rings. The van der Waals surface area contributed by atoms with Gasteiger partial charge in [-0.05, 0) is 12.1 Å². The Hall–Kier alpha value is -2.04. The second-order valence-corrected chi connectivity index (χ2v) is 3.26. The van der Waals surface area contributed by atoms with Crippen molar-refractivity contribution in [3.63, 3.8) is 0 Å². The van der Waals surface area contributed by atoms with Gasteiger partial charge in [0.1, 0.15) is 5.82 Å². The fraction of sp³-hybridized carbons (Fsp3) is 0.273. The topological polar surface area (TPSA) is 52.0 Å². The highest BCUT2D eigenvalue weighted by Crippen LogP contribution is 2.09. The Morgan fingerprint density at radius 2 is 2.31 bits per heavy atom. The summed E-state index contributed by atoms with van der Waals surface area (Å²) in [7, 11) is 1.61. The van der Waals surface area contributed by atoms with Crippen LogP contribution in [-0.4, -0.2) is 28.4 Å². The smallest absolute Gasteiger partial charge is 0.214 e. The summed E-state index contributed by atoms with van der Waals surface area (Å²) in [5.74, 6) is 1.43. The summed E-state index contributed by atoms with van der Waals surface area (Å²) in [5.41, 5.74) is 0. The van der Waals surface area contributed by atoms with E-state index < -0.39 is 0 Å². The van der Waals surface area contributed by atoms with Crippen molar-refractivity contribution in [2.45, 2.75) is 6.54 Å². The van der Waals surface area contributed by atoms with Gasteiger partial charge < -0.3 is 10.1 Å². The van der Waals surface area contributed by atoms with Crippen LogP contribution in [0.15, 0.2) is 36.7 Å². The number of aromatic nitrogens is 3. The molecule has 84 valence electrons. The van der Waals surface area contributed by atoms with Crippen molar-refractivity contribution in [3.8, 4) is 5.88 Å². The molecule has 0 bridgehead atoms. The molecule has 0 amide bonds. The van der Waals surface area contributed by atoms with Crippen LogP contribution in [0.5, 0.6) is 5.88 Å². The number of pyridine rings is 1. The summed E-state index contributed by atoms with van der Waals surface area (Å²) in [4.78, 5) is 4.25. The van der Waals surface area contributed by atoms with Crippen LogP contribution in [0.25, 0.3) is 0 Å². The van der Waals surface area contributed by atoms with E-state index >= 15 is 0 Å². The average molecular weight is 218 g/mol. The number of methoxy groups -OCH3 is 1. The Kier molecular flexibility index (Phi) is 3.38. The van der Waals surface area contributed by atoms with Crippen LogP contribution in [0, 0.1) is 0 Å². The molecule has 0 aromatic carbocycles. The molecule has 0 unspecified atom stereocenters. The molecule has 5 nitrogen and oxygen atoms in total. The maximum atomic E-state index is 5.04. The fourth-order valence-corrected chi connectivity index (χ4v) is 1.36. The highest BCUT2D eigenvalue weighted by atomic mass is 16.5. The monoisotopic (exact) mass is 218 g/mol. The Morgan fingerprint density at radius 1 is 1.38 bits per heavy atom. The van der Waals surface area contributed by atoms with Crippen molar-refractivity contribution >= 4 is 5.82 Å². The third-order valence-corrected chi connectivity index (χ3v) is 2.14. The third-order valence-electron chi connectivity index (χ3n) is 2.14. The van der Waals surface area contributed by atoms with E-state index in [1.807, 2.05) is 35.1 Å². The van der Waals surface area contributed by atoms with Gasteiger partial charge in [0.25, 0.3) is 0 Å². The normalized spacial score (nSPS) is 10.1. The van der Waals surface area contributed by atoms with Crippen molar-refractivity contribution in [2.75, 3.05) is 19.0 Å². The molecule has 0 aliphatic rings. The Bertz CT molecular complexity index is 427. The first-order chi connectivity index (χ1) is 7.88. The molecule has 0 aliphatic carbocycles. The molecule has 2 heterocycles. The van der Waals surface area contributed by atoms with Gasteiger partial charge >= 0.3 is 0 Å². The molecule has 0 saturated carbocycles. The van der Waals surface area contributed by atoms with Crippen molar-refractivity contribution < 1.29 is 4.74 Å². The Morgan fingerprint density at radius 3 is 3.06 bits per heavy atom. The van der Waals surface area contributed by atoms with E-state index in [0.717, 1.165) is 18.9 Å². The number of anilines is 1. The van der Waals surface area contributed by atoms with Gasteiger partial charge in [0.15, 0.2) is 0 Å². The lowest BCUT2D eigenvalue weighted by Gasteiger charge is -2.06. The summed E-state index contributed by atoms with van der Waals surface area (Å²) in [6.45, 7) is 1.59. The van der Waals surface area contributed by atoms with E-state index in [-0.39, 0.29) is 0 Å². The summed E-state index contributed by atoms with van der Waals surface area (Å²) in [6.07, 6.45) is 3.70. The molecule has 2 aromatic rings. The van der Waals surface area contributed by atoms with Crippen LogP contribution >= 0.6 is 0 Å². The molecule has 0 saturated heterocycles. The summed E-state index contributed by atoms with van der Waals surface area (Å²) >= 11 is 0. The fourth-order valence-electron chi connectivity index (χ4n) is 1.36. The molecule has 0 atom stereocenters. The van der Waals surface area contributed by atoms with Crippen molar-refractivity contribution in [1.29, 1.82) is 0 Å². The summed E-state index contributed by atoms with van der Waals surface area (Å²) in [6, 6.07) is 7.54. The highest BCUT2D eigenvalue weighted by molar-refractivity contribution is 5.36. The van der Waals surface area contributed by atoms with Crippen LogP contribution in [-0.2, 0) is 6.54 Å². The number of ether oxygens (including phenoxy) is 1. The first-order valence-electron chi connectivity index (χ1n) is 5.11. The standard InChI is InChI=1S/C11H14N4O/c1-16-11-5-2-4-10(14-11)12-7-9-15-8-3-6-13-15/h2-6,8H,7,9H2,1H3,(H,12,14). The van der Waals surface area contributed by atoms with Crippen molar-refractivity contribution in [3.05, 3.63) is 36.7 Å². The Labute approximate surface area is 94.1 Å². The molecule has 5 heteroatoms. The van der Waals surface area contributed by atoms with Gasteiger partial charge in [-0.2, -0.15) is 10.1 Å². The van der Waals surface area contributed by atoms with Gasteiger partial charge in [0, 0.05) is 25.0 Å². The summed E-state index contributed by atoms with van der Waals surface area (Å²) < 4.78 is 6.91. The van der Waals surface area contributed by atoms with Crippen molar-refractivity contribution in [2.24, 2.45) is 0 Å². The Balaban J connectivity index is 1.85. The zero-order valence-corrected chi connectivity index (χ0v) is 9.13. The molecule has 1 N–H and O–H groups in total. The van der Waals surface area contributed by atoms with Gasteiger partial charge in [-0.25, -0.2) is 0 Å². The molecule has 0 radical (unpaired) electrons. The van der Waals surface area contributed by atoms with Crippen LogP contribution in [0.3, 0.4) is 0 Å². The third kappa shape index (κ3) is 2.73. The molecular weight excluding hydrogens is 204 g/mol. The van der Waals surface area contributed by atoms with Crippen molar-refractivity contribution in [1.82, 2.24) is 14.8 Å².